The molecule has 1 aromatic rings. The largest absolute Gasteiger partial charge is 0.486 e. The first kappa shape index (κ1) is 14.2. The van der Waals surface area contributed by atoms with Crippen molar-refractivity contribution in [2.24, 2.45) is 4.99 Å². The van der Waals surface area contributed by atoms with E-state index in [0.29, 0.717) is 35.8 Å². The molecule has 6 heteroatoms. The second kappa shape index (κ2) is 6.26. The van der Waals surface area contributed by atoms with Crippen LogP contribution < -0.4 is 9.47 Å². The monoisotopic (exact) mass is 275 g/mol. The maximum Gasteiger partial charge on any atom is 0.164 e. The maximum atomic E-state index is 9.15. The summed E-state index contributed by atoms with van der Waals surface area (Å²) in [7, 11) is 3.70. The van der Waals surface area contributed by atoms with E-state index in [2.05, 4.69) is 11.1 Å². The SMILES string of the molecule is CN(C)C=Nc1cc2c(cc1C#N)OCC(CCO)O2. The molecule has 0 aliphatic carbocycles. The average Bonchev–Trinajstić information content (AvgIpc) is 2.44. The van der Waals surface area contributed by atoms with E-state index in [0.717, 1.165) is 0 Å². The van der Waals surface area contributed by atoms with Crippen LogP contribution in [0, 0.1) is 11.3 Å². The van der Waals surface area contributed by atoms with Crippen LogP contribution in [0.3, 0.4) is 0 Å². The Labute approximate surface area is 117 Å². The number of aliphatic imine (C=N–C) groups is 1. The van der Waals surface area contributed by atoms with Crippen LogP contribution in [0.25, 0.3) is 0 Å². The third-order valence-corrected chi connectivity index (χ3v) is 2.78. The first-order valence-electron chi connectivity index (χ1n) is 6.33. The van der Waals surface area contributed by atoms with E-state index < -0.39 is 0 Å². The fraction of sp³-hybridized carbons (Fsp3) is 0.429. The van der Waals surface area contributed by atoms with Gasteiger partial charge in [-0.15, -0.1) is 0 Å². The minimum absolute atomic E-state index is 0.0469. The predicted molar refractivity (Wildman–Crippen MR) is 74.6 cm³/mol. The number of ether oxygens (including phenoxy) is 2. The van der Waals surface area contributed by atoms with Gasteiger partial charge in [0.2, 0.25) is 0 Å². The van der Waals surface area contributed by atoms with Crippen LogP contribution in [0.4, 0.5) is 5.69 Å². The van der Waals surface area contributed by atoms with Crippen molar-refractivity contribution in [3.63, 3.8) is 0 Å². The minimum atomic E-state index is -0.175. The average molecular weight is 275 g/mol. The first-order chi connectivity index (χ1) is 9.63. The molecule has 1 atom stereocenters. The zero-order chi connectivity index (χ0) is 14.5. The minimum Gasteiger partial charge on any atom is -0.486 e. The van der Waals surface area contributed by atoms with Crippen LogP contribution in [-0.2, 0) is 0 Å². The lowest BCUT2D eigenvalue weighted by Gasteiger charge is -2.26. The highest BCUT2D eigenvalue weighted by Crippen LogP contribution is 2.38. The zero-order valence-corrected chi connectivity index (χ0v) is 11.5. The number of fused-ring (bicyclic) bond motifs is 1. The summed E-state index contributed by atoms with van der Waals surface area (Å²) in [6, 6.07) is 5.42. The molecule has 0 radical (unpaired) electrons. The lowest BCUT2D eigenvalue weighted by Crippen LogP contribution is -2.29. The second-order valence-corrected chi connectivity index (χ2v) is 4.70. The normalized spacial score (nSPS) is 17.0. The van der Waals surface area contributed by atoms with Crippen molar-refractivity contribution in [3.8, 4) is 17.6 Å². The van der Waals surface area contributed by atoms with Gasteiger partial charge >= 0.3 is 0 Å². The molecule has 0 amide bonds. The van der Waals surface area contributed by atoms with Gasteiger partial charge in [0.15, 0.2) is 11.5 Å². The lowest BCUT2D eigenvalue weighted by molar-refractivity contribution is 0.0705. The van der Waals surface area contributed by atoms with Crippen LogP contribution >= 0.6 is 0 Å². The van der Waals surface area contributed by atoms with E-state index in [-0.39, 0.29) is 12.7 Å². The number of rotatable bonds is 4. The molecule has 1 aliphatic rings. The molecule has 6 nitrogen and oxygen atoms in total. The van der Waals surface area contributed by atoms with Crippen LogP contribution in [0.5, 0.6) is 11.5 Å². The number of hydrogen-bond acceptors (Lipinski definition) is 5. The summed E-state index contributed by atoms with van der Waals surface area (Å²) >= 11 is 0. The Hall–Kier alpha value is -2.26. The molecule has 0 fully saturated rings. The molecule has 0 aromatic heterocycles. The molecule has 1 heterocycles. The van der Waals surface area contributed by atoms with Gasteiger partial charge in [0.05, 0.1) is 17.6 Å². The zero-order valence-electron chi connectivity index (χ0n) is 11.5. The van der Waals surface area contributed by atoms with E-state index in [1.807, 2.05) is 14.1 Å². The first-order valence-corrected chi connectivity index (χ1v) is 6.33. The van der Waals surface area contributed by atoms with Gasteiger partial charge in [-0.3, -0.25) is 0 Å². The standard InChI is InChI=1S/C14H17N3O3/c1-17(2)9-16-12-6-14-13(5-10(12)7-15)19-8-11(20-14)3-4-18/h5-6,9,11,18H,3-4,8H2,1-2H3. The van der Waals surface area contributed by atoms with E-state index >= 15 is 0 Å². The highest BCUT2D eigenvalue weighted by Gasteiger charge is 2.22. The van der Waals surface area contributed by atoms with Gasteiger partial charge in [-0.1, -0.05) is 0 Å². The predicted octanol–water partition coefficient (Wildman–Crippen LogP) is 1.30. The van der Waals surface area contributed by atoms with Crippen molar-refractivity contribution in [1.82, 2.24) is 4.90 Å². The number of hydrogen-bond donors (Lipinski definition) is 1. The highest BCUT2D eigenvalue weighted by molar-refractivity contribution is 5.68. The summed E-state index contributed by atoms with van der Waals surface area (Å²) in [5.41, 5.74) is 0.972. The van der Waals surface area contributed by atoms with Crippen molar-refractivity contribution >= 4 is 12.0 Å². The topological polar surface area (TPSA) is 78.1 Å². The van der Waals surface area contributed by atoms with Gasteiger partial charge in [0.1, 0.15) is 18.8 Å². The Bertz CT molecular complexity index is 549. The van der Waals surface area contributed by atoms with E-state index in [9.17, 15) is 0 Å². The van der Waals surface area contributed by atoms with Crippen LogP contribution in [-0.4, -0.2) is 49.8 Å². The van der Waals surface area contributed by atoms with Crippen LogP contribution in [0.2, 0.25) is 0 Å². The molecule has 1 aliphatic heterocycles. The fourth-order valence-corrected chi connectivity index (χ4v) is 1.81. The molecule has 0 bridgehead atoms. The summed E-state index contributed by atoms with van der Waals surface area (Å²) in [5, 5.41) is 18.1. The van der Waals surface area contributed by atoms with Gasteiger partial charge in [-0.2, -0.15) is 5.26 Å². The summed E-state index contributed by atoms with van der Waals surface area (Å²) in [6.07, 6.45) is 1.96. The molecule has 0 saturated heterocycles. The quantitative estimate of drug-likeness (QED) is 0.662. The number of aliphatic hydroxyl groups is 1. The Morgan fingerprint density at radius 3 is 2.95 bits per heavy atom. The Morgan fingerprint density at radius 1 is 1.50 bits per heavy atom. The molecular formula is C14H17N3O3. The summed E-state index contributed by atoms with van der Waals surface area (Å²) < 4.78 is 11.3. The maximum absolute atomic E-state index is 9.15. The smallest absolute Gasteiger partial charge is 0.164 e. The Kier molecular flexibility index (Phi) is 4.43. The number of nitrogens with zero attached hydrogens (tertiary/aromatic N) is 3. The molecule has 0 spiro atoms. The van der Waals surface area contributed by atoms with Crippen molar-refractivity contribution in [2.45, 2.75) is 12.5 Å². The van der Waals surface area contributed by atoms with Gasteiger partial charge in [-0.25, -0.2) is 4.99 Å². The van der Waals surface area contributed by atoms with Crippen LogP contribution in [0.1, 0.15) is 12.0 Å². The molecule has 1 N–H and O–H groups in total. The molecule has 106 valence electrons. The third-order valence-electron chi connectivity index (χ3n) is 2.78. The van der Waals surface area contributed by atoms with Crippen molar-refractivity contribution < 1.29 is 14.6 Å². The molecule has 20 heavy (non-hydrogen) atoms. The van der Waals surface area contributed by atoms with E-state index in [4.69, 9.17) is 19.8 Å². The van der Waals surface area contributed by atoms with E-state index in [1.54, 1.807) is 23.4 Å². The molecule has 0 saturated carbocycles. The number of aliphatic hydroxyl groups excluding tert-OH is 1. The Balaban J connectivity index is 2.31. The van der Waals surface area contributed by atoms with Gasteiger partial charge in [0.25, 0.3) is 0 Å². The Morgan fingerprint density at radius 2 is 2.30 bits per heavy atom. The molecule has 2 rings (SSSR count). The second-order valence-electron chi connectivity index (χ2n) is 4.70. The van der Waals surface area contributed by atoms with Crippen molar-refractivity contribution in [3.05, 3.63) is 17.7 Å². The highest BCUT2D eigenvalue weighted by atomic mass is 16.6. The molecule has 1 unspecified atom stereocenters. The van der Waals surface area contributed by atoms with Crippen molar-refractivity contribution in [2.75, 3.05) is 27.3 Å². The summed E-state index contributed by atoms with van der Waals surface area (Å²) in [4.78, 5) is 6.03. The van der Waals surface area contributed by atoms with Crippen LogP contribution in [0.15, 0.2) is 17.1 Å². The summed E-state index contributed by atoms with van der Waals surface area (Å²) in [6.45, 7) is 0.421. The fourth-order valence-electron chi connectivity index (χ4n) is 1.81. The van der Waals surface area contributed by atoms with Gasteiger partial charge in [0, 0.05) is 39.3 Å². The molecular weight excluding hydrogens is 258 g/mol. The third kappa shape index (κ3) is 3.19. The van der Waals surface area contributed by atoms with Gasteiger partial charge in [-0.05, 0) is 0 Å². The number of nitriles is 1. The molecule has 1 aromatic carbocycles. The van der Waals surface area contributed by atoms with Crippen molar-refractivity contribution in [1.29, 1.82) is 5.26 Å². The van der Waals surface area contributed by atoms with Gasteiger partial charge < -0.3 is 19.5 Å². The van der Waals surface area contributed by atoms with E-state index in [1.165, 1.54) is 0 Å². The number of benzene rings is 1. The lowest BCUT2D eigenvalue weighted by atomic mass is 10.1. The summed E-state index contributed by atoms with van der Waals surface area (Å²) in [5.74, 6) is 1.10.